The molecule has 0 aliphatic heterocycles. The average Bonchev–Trinajstić information content (AvgIpc) is 2.50. The molecule has 0 unspecified atom stereocenters. The Kier molecular flexibility index (Phi) is 6.68. The zero-order valence-electron chi connectivity index (χ0n) is 12.8. The number of carbonyl (C=O) groups excluding carboxylic acids is 1. The van der Waals surface area contributed by atoms with Crippen LogP contribution in [0.5, 0.6) is 5.75 Å². The molecule has 0 heterocycles. The van der Waals surface area contributed by atoms with Gasteiger partial charge >= 0.3 is 5.97 Å². The topological polar surface area (TPSA) is 26.3 Å². The van der Waals surface area contributed by atoms with Crippen molar-refractivity contribution in [1.82, 2.24) is 0 Å². The predicted molar refractivity (Wildman–Crippen MR) is 84.3 cm³/mol. The van der Waals surface area contributed by atoms with Gasteiger partial charge in [-0.15, -0.1) is 0 Å². The SMILES string of the molecule is CCCC1CCC(C(=O)Oc2ccc(SC(F)F)cc2)CC1. The zero-order chi connectivity index (χ0) is 15.9. The quantitative estimate of drug-likeness (QED) is 0.391. The Hall–Kier alpha value is -1.10. The van der Waals surface area contributed by atoms with E-state index in [0.29, 0.717) is 22.4 Å². The second-order valence-electron chi connectivity index (χ2n) is 5.78. The highest BCUT2D eigenvalue weighted by Crippen LogP contribution is 2.33. The predicted octanol–water partition coefficient (Wildman–Crippen LogP) is 5.51. The Balaban J connectivity index is 1.82. The smallest absolute Gasteiger partial charge is 0.314 e. The molecule has 2 nitrogen and oxygen atoms in total. The van der Waals surface area contributed by atoms with E-state index in [2.05, 4.69) is 6.92 Å². The number of esters is 1. The fourth-order valence-electron chi connectivity index (χ4n) is 2.98. The second-order valence-corrected chi connectivity index (χ2v) is 6.84. The molecule has 0 N–H and O–H groups in total. The fourth-order valence-corrected chi connectivity index (χ4v) is 3.48. The number of benzene rings is 1. The Morgan fingerprint density at radius 1 is 1.23 bits per heavy atom. The molecule has 0 aromatic heterocycles. The molecule has 1 aliphatic rings. The van der Waals surface area contributed by atoms with Crippen LogP contribution in [0.2, 0.25) is 0 Å². The number of carbonyl (C=O) groups is 1. The minimum absolute atomic E-state index is 0.0248. The highest BCUT2D eigenvalue weighted by Gasteiger charge is 2.27. The molecule has 22 heavy (non-hydrogen) atoms. The van der Waals surface area contributed by atoms with E-state index < -0.39 is 5.76 Å². The van der Waals surface area contributed by atoms with Crippen molar-refractivity contribution in [3.8, 4) is 5.75 Å². The maximum absolute atomic E-state index is 12.2. The number of thioether (sulfide) groups is 1. The first-order valence-electron chi connectivity index (χ1n) is 7.85. The highest BCUT2D eigenvalue weighted by molar-refractivity contribution is 7.99. The molecule has 0 atom stereocenters. The summed E-state index contributed by atoms with van der Waals surface area (Å²) in [5, 5.41) is 0. The van der Waals surface area contributed by atoms with Gasteiger partial charge < -0.3 is 4.74 Å². The van der Waals surface area contributed by atoms with Crippen LogP contribution in [0, 0.1) is 11.8 Å². The third-order valence-electron chi connectivity index (χ3n) is 4.14. The van der Waals surface area contributed by atoms with E-state index in [1.807, 2.05) is 0 Å². The first-order valence-corrected chi connectivity index (χ1v) is 8.73. The van der Waals surface area contributed by atoms with Crippen LogP contribution in [0.4, 0.5) is 8.78 Å². The van der Waals surface area contributed by atoms with Gasteiger partial charge in [-0.3, -0.25) is 4.79 Å². The largest absolute Gasteiger partial charge is 0.426 e. The number of halogens is 2. The molecule has 0 spiro atoms. The molecular formula is C17H22F2O2S. The third-order valence-corrected chi connectivity index (χ3v) is 4.87. The van der Waals surface area contributed by atoms with Crippen molar-refractivity contribution >= 4 is 17.7 Å². The molecule has 1 aliphatic carbocycles. The number of hydrogen-bond acceptors (Lipinski definition) is 3. The number of rotatable bonds is 6. The molecule has 1 aromatic carbocycles. The van der Waals surface area contributed by atoms with Gasteiger partial charge in [0, 0.05) is 4.90 Å². The van der Waals surface area contributed by atoms with Gasteiger partial charge in [-0.2, -0.15) is 8.78 Å². The summed E-state index contributed by atoms with van der Waals surface area (Å²) in [5.41, 5.74) is 0. The lowest BCUT2D eigenvalue weighted by Gasteiger charge is -2.26. The minimum Gasteiger partial charge on any atom is -0.426 e. The molecular weight excluding hydrogens is 306 g/mol. The van der Waals surface area contributed by atoms with Gasteiger partial charge in [0.15, 0.2) is 0 Å². The van der Waals surface area contributed by atoms with Crippen LogP contribution >= 0.6 is 11.8 Å². The lowest BCUT2D eigenvalue weighted by atomic mass is 9.80. The molecule has 1 saturated carbocycles. The van der Waals surface area contributed by atoms with E-state index in [1.54, 1.807) is 24.3 Å². The fraction of sp³-hybridized carbons (Fsp3) is 0.588. The number of alkyl halides is 2. The number of ether oxygens (including phenoxy) is 1. The molecule has 2 rings (SSSR count). The summed E-state index contributed by atoms with van der Waals surface area (Å²) in [6, 6.07) is 6.26. The molecule has 0 radical (unpaired) electrons. The van der Waals surface area contributed by atoms with E-state index in [-0.39, 0.29) is 11.9 Å². The van der Waals surface area contributed by atoms with Crippen molar-refractivity contribution in [2.45, 2.75) is 56.1 Å². The number of hydrogen-bond donors (Lipinski definition) is 0. The summed E-state index contributed by atoms with van der Waals surface area (Å²) in [7, 11) is 0. The Morgan fingerprint density at radius 3 is 2.41 bits per heavy atom. The van der Waals surface area contributed by atoms with Gasteiger partial charge in [0.25, 0.3) is 5.76 Å². The summed E-state index contributed by atoms with van der Waals surface area (Å²) in [5.74, 6) is -1.47. The normalized spacial score (nSPS) is 21.8. The van der Waals surface area contributed by atoms with Crippen molar-refractivity contribution in [2.24, 2.45) is 11.8 Å². The molecule has 5 heteroatoms. The molecule has 0 amide bonds. The van der Waals surface area contributed by atoms with Crippen LogP contribution in [0.3, 0.4) is 0 Å². The summed E-state index contributed by atoms with van der Waals surface area (Å²) in [6.07, 6.45) is 6.41. The minimum atomic E-state index is -2.44. The van der Waals surface area contributed by atoms with Gasteiger partial charge in [0.05, 0.1) is 5.92 Å². The lowest BCUT2D eigenvalue weighted by Crippen LogP contribution is -2.25. The van der Waals surface area contributed by atoms with Crippen molar-refractivity contribution in [3.05, 3.63) is 24.3 Å². The van der Waals surface area contributed by atoms with E-state index >= 15 is 0 Å². The maximum atomic E-state index is 12.2. The average molecular weight is 328 g/mol. The van der Waals surface area contributed by atoms with Gasteiger partial charge in [0.2, 0.25) is 0 Å². The summed E-state index contributed by atoms with van der Waals surface area (Å²) < 4.78 is 29.8. The van der Waals surface area contributed by atoms with Gasteiger partial charge in [-0.1, -0.05) is 31.5 Å². The van der Waals surface area contributed by atoms with Crippen LogP contribution in [-0.4, -0.2) is 11.7 Å². The molecule has 0 bridgehead atoms. The van der Waals surface area contributed by atoms with Crippen molar-refractivity contribution < 1.29 is 18.3 Å². The summed E-state index contributed by atoms with van der Waals surface area (Å²) >= 11 is 0.485. The van der Waals surface area contributed by atoms with Crippen LogP contribution in [-0.2, 0) is 4.79 Å². The molecule has 1 aromatic rings. The van der Waals surface area contributed by atoms with E-state index in [9.17, 15) is 13.6 Å². The van der Waals surface area contributed by atoms with Crippen LogP contribution in [0.15, 0.2) is 29.2 Å². The third kappa shape index (κ3) is 5.27. The van der Waals surface area contributed by atoms with Crippen LogP contribution in [0.25, 0.3) is 0 Å². The second kappa shape index (κ2) is 8.51. The molecule has 0 saturated heterocycles. The standard InChI is InChI=1S/C17H22F2O2S/c1-2-3-12-4-6-13(7-5-12)16(20)21-14-8-10-15(11-9-14)22-17(18)19/h8-13,17H,2-7H2,1H3. The van der Waals surface area contributed by atoms with Crippen molar-refractivity contribution in [2.75, 3.05) is 0 Å². The first kappa shape index (κ1) is 17.3. The Labute approximate surface area is 134 Å². The van der Waals surface area contributed by atoms with Gasteiger partial charge in [-0.25, -0.2) is 0 Å². The van der Waals surface area contributed by atoms with E-state index in [4.69, 9.17) is 4.74 Å². The van der Waals surface area contributed by atoms with E-state index in [1.165, 1.54) is 12.8 Å². The summed E-state index contributed by atoms with van der Waals surface area (Å²) in [6.45, 7) is 2.19. The monoisotopic (exact) mass is 328 g/mol. The van der Waals surface area contributed by atoms with Crippen molar-refractivity contribution in [3.63, 3.8) is 0 Å². The first-order chi connectivity index (χ1) is 10.6. The molecule has 1 fully saturated rings. The van der Waals surface area contributed by atoms with E-state index in [0.717, 1.165) is 31.6 Å². The maximum Gasteiger partial charge on any atom is 0.314 e. The van der Waals surface area contributed by atoms with Crippen LogP contribution in [0.1, 0.15) is 45.4 Å². The Morgan fingerprint density at radius 2 is 1.86 bits per heavy atom. The summed E-state index contributed by atoms with van der Waals surface area (Å²) in [4.78, 5) is 12.6. The van der Waals surface area contributed by atoms with Gasteiger partial charge in [0.1, 0.15) is 5.75 Å². The highest BCUT2D eigenvalue weighted by atomic mass is 32.2. The lowest BCUT2D eigenvalue weighted by molar-refractivity contribution is -0.140. The zero-order valence-corrected chi connectivity index (χ0v) is 13.6. The Bertz CT molecular complexity index is 468. The molecule has 122 valence electrons. The van der Waals surface area contributed by atoms with Gasteiger partial charge in [-0.05, 0) is 55.9 Å². The van der Waals surface area contributed by atoms with Crippen LogP contribution < -0.4 is 4.74 Å². The van der Waals surface area contributed by atoms with Crippen molar-refractivity contribution in [1.29, 1.82) is 0 Å².